The summed E-state index contributed by atoms with van der Waals surface area (Å²) in [5, 5.41) is 16.8. The maximum absolute atomic E-state index is 12.4. The topological polar surface area (TPSA) is 79.6 Å². The van der Waals surface area contributed by atoms with E-state index in [9.17, 15) is 4.79 Å². The molecule has 0 saturated heterocycles. The first-order valence-electron chi connectivity index (χ1n) is 8.10. The predicted molar refractivity (Wildman–Crippen MR) is 88.2 cm³/mol. The van der Waals surface area contributed by atoms with Crippen molar-refractivity contribution < 1.29 is 14.6 Å². The number of ether oxygens (including phenoxy) is 1. The summed E-state index contributed by atoms with van der Waals surface area (Å²) in [4.78, 5) is 14.1. The van der Waals surface area contributed by atoms with E-state index in [0.717, 1.165) is 11.4 Å². The van der Waals surface area contributed by atoms with E-state index in [2.05, 4.69) is 10.4 Å². The smallest absolute Gasteiger partial charge is 0.410 e. The molecule has 0 aliphatic carbocycles. The highest BCUT2D eigenvalue weighted by molar-refractivity contribution is 5.69. The Hall–Kier alpha value is -1.76. The van der Waals surface area contributed by atoms with Gasteiger partial charge >= 0.3 is 6.09 Å². The second-order valence-corrected chi connectivity index (χ2v) is 7.31. The highest BCUT2D eigenvalue weighted by Crippen LogP contribution is 2.25. The molecule has 1 aliphatic heterocycles. The van der Waals surface area contributed by atoms with Crippen molar-refractivity contribution in [3.63, 3.8) is 0 Å². The molecule has 2 atom stereocenters. The summed E-state index contributed by atoms with van der Waals surface area (Å²) in [6.45, 7) is 11.5. The molecular weight excluding hydrogens is 296 g/mol. The summed E-state index contributed by atoms with van der Waals surface area (Å²) in [5.74, 6) is 0.162. The van der Waals surface area contributed by atoms with Gasteiger partial charge in [-0.25, -0.2) is 4.79 Å². The number of hydrogen-bond donors (Lipinski definition) is 2. The van der Waals surface area contributed by atoms with Crippen LogP contribution < -0.4 is 5.32 Å². The molecule has 0 fully saturated rings. The van der Waals surface area contributed by atoms with Crippen LogP contribution in [0.2, 0.25) is 0 Å². The van der Waals surface area contributed by atoms with E-state index < -0.39 is 5.60 Å². The third-order valence-electron chi connectivity index (χ3n) is 3.82. The Labute approximate surface area is 137 Å². The number of anilines is 1. The van der Waals surface area contributed by atoms with Gasteiger partial charge in [0.1, 0.15) is 5.60 Å². The largest absolute Gasteiger partial charge is 0.444 e. The molecule has 1 aromatic rings. The Bertz CT molecular complexity index is 550. The SMILES string of the molecule is CC(CO)CNc1cnn2c1CN(C(=O)OC(C)(C)C)[C@@H](C)C2. The van der Waals surface area contributed by atoms with Crippen LogP contribution in [-0.4, -0.2) is 50.7 Å². The van der Waals surface area contributed by atoms with Gasteiger partial charge in [-0.3, -0.25) is 9.58 Å². The number of amides is 1. The molecule has 0 aromatic carbocycles. The summed E-state index contributed by atoms with van der Waals surface area (Å²) in [6.07, 6.45) is 1.48. The fourth-order valence-corrected chi connectivity index (χ4v) is 2.46. The zero-order valence-electron chi connectivity index (χ0n) is 14.7. The van der Waals surface area contributed by atoms with Gasteiger partial charge in [0.25, 0.3) is 0 Å². The van der Waals surface area contributed by atoms with Crippen molar-refractivity contribution in [3.05, 3.63) is 11.9 Å². The molecule has 130 valence electrons. The molecular formula is C16H28N4O3. The van der Waals surface area contributed by atoms with E-state index in [-0.39, 0.29) is 24.7 Å². The van der Waals surface area contributed by atoms with Crippen molar-refractivity contribution in [2.24, 2.45) is 5.92 Å². The van der Waals surface area contributed by atoms with Crippen molar-refractivity contribution in [2.45, 2.75) is 59.4 Å². The monoisotopic (exact) mass is 324 g/mol. The number of aliphatic hydroxyl groups excluding tert-OH is 1. The summed E-state index contributed by atoms with van der Waals surface area (Å²) in [6, 6.07) is 0.0291. The lowest BCUT2D eigenvalue weighted by Gasteiger charge is -2.35. The number of nitrogens with zero attached hydrogens (tertiary/aromatic N) is 3. The van der Waals surface area contributed by atoms with Crippen LogP contribution in [0.15, 0.2) is 6.20 Å². The summed E-state index contributed by atoms with van der Waals surface area (Å²) < 4.78 is 7.43. The van der Waals surface area contributed by atoms with Crippen molar-refractivity contribution in [3.8, 4) is 0 Å². The first-order chi connectivity index (χ1) is 10.7. The predicted octanol–water partition coefficient (Wildman–Crippen LogP) is 2.06. The zero-order valence-corrected chi connectivity index (χ0v) is 14.7. The Morgan fingerprint density at radius 1 is 1.57 bits per heavy atom. The van der Waals surface area contributed by atoms with Crippen LogP contribution in [-0.2, 0) is 17.8 Å². The van der Waals surface area contributed by atoms with Crippen LogP contribution in [0, 0.1) is 5.92 Å². The molecule has 23 heavy (non-hydrogen) atoms. The normalized spacial score (nSPS) is 19.2. The second kappa shape index (κ2) is 6.78. The van der Waals surface area contributed by atoms with E-state index in [4.69, 9.17) is 9.84 Å². The molecule has 1 aromatic heterocycles. The van der Waals surface area contributed by atoms with Crippen LogP contribution in [0.1, 0.15) is 40.3 Å². The molecule has 2 N–H and O–H groups in total. The summed E-state index contributed by atoms with van der Waals surface area (Å²) in [5.41, 5.74) is 1.37. The van der Waals surface area contributed by atoms with Gasteiger partial charge in [0.15, 0.2) is 0 Å². The fraction of sp³-hybridized carbons (Fsp3) is 0.750. The Morgan fingerprint density at radius 3 is 2.87 bits per heavy atom. The lowest BCUT2D eigenvalue weighted by atomic mass is 10.1. The number of nitrogens with one attached hydrogen (secondary N) is 1. The maximum Gasteiger partial charge on any atom is 0.410 e. The van der Waals surface area contributed by atoms with Gasteiger partial charge in [-0.15, -0.1) is 0 Å². The first kappa shape index (κ1) is 17.6. The van der Waals surface area contributed by atoms with E-state index in [1.807, 2.05) is 39.3 Å². The third kappa shape index (κ3) is 4.37. The molecule has 0 bridgehead atoms. The highest BCUT2D eigenvalue weighted by Gasteiger charge is 2.32. The summed E-state index contributed by atoms with van der Waals surface area (Å²) >= 11 is 0. The lowest BCUT2D eigenvalue weighted by Crippen LogP contribution is -2.47. The zero-order chi connectivity index (χ0) is 17.2. The van der Waals surface area contributed by atoms with Crippen LogP contribution in [0.5, 0.6) is 0 Å². The second-order valence-electron chi connectivity index (χ2n) is 7.31. The maximum atomic E-state index is 12.4. The first-order valence-corrected chi connectivity index (χ1v) is 8.10. The minimum absolute atomic E-state index is 0.0291. The number of hydrogen-bond acceptors (Lipinski definition) is 5. The van der Waals surface area contributed by atoms with Gasteiger partial charge in [-0.05, 0) is 33.6 Å². The van der Waals surface area contributed by atoms with Gasteiger partial charge in [0.05, 0.1) is 36.7 Å². The van der Waals surface area contributed by atoms with Gasteiger partial charge < -0.3 is 15.2 Å². The Balaban J connectivity index is 2.10. The molecule has 0 radical (unpaired) electrons. The molecule has 1 aliphatic rings. The van der Waals surface area contributed by atoms with Gasteiger partial charge in [0, 0.05) is 13.2 Å². The molecule has 2 heterocycles. The van der Waals surface area contributed by atoms with Gasteiger partial charge in [-0.2, -0.15) is 5.10 Å². The molecule has 0 spiro atoms. The van der Waals surface area contributed by atoms with E-state index >= 15 is 0 Å². The highest BCUT2D eigenvalue weighted by atomic mass is 16.6. The molecule has 7 heteroatoms. The number of aliphatic hydroxyl groups is 1. The van der Waals surface area contributed by atoms with Crippen LogP contribution in [0.25, 0.3) is 0 Å². The molecule has 2 rings (SSSR count). The van der Waals surface area contributed by atoms with E-state index in [1.54, 1.807) is 11.1 Å². The molecule has 1 unspecified atom stereocenters. The minimum atomic E-state index is -0.508. The lowest BCUT2D eigenvalue weighted by molar-refractivity contribution is 0.00915. The van der Waals surface area contributed by atoms with Crippen molar-refractivity contribution in [1.82, 2.24) is 14.7 Å². The van der Waals surface area contributed by atoms with Crippen molar-refractivity contribution in [2.75, 3.05) is 18.5 Å². The van der Waals surface area contributed by atoms with Gasteiger partial charge in [0.2, 0.25) is 0 Å². The van der Waals surface area contributed by atoms with Crippen molar-refractivity contribution in [1.29, 1.82) is 0 Å². The van der Waals surface area contributed by atoms with E-state index in [0.29, 0.717) is 19.6 Å². The Kier molecular flexibility index (Phi) is 5.19. The number of fused-ring (bicyclic) bond motifs is 1. The van der Waals surface area contributed by atoms with Crippen molar-refractivity contribution >= 4 is 11.8 Å². The number of carbonyl (C=O) groups is 1. The van der Waals surface area contributed by atoms with Gasteiger partial charge in [-0.1, -0.05) is 6.92 Å². The minimum Gasteiger partial charge on any atom is -0.444 e. The summed E-state index contributed by atoms with van der Waals surface area (Å²) in [7, 11) is 0. The number of aromatic nitrogens is 2. The average molecular weight is 324 g/mol. The van der Waals surface area contributed by atoms with Crippen LogP contribution >= 0.6 is 0 Å². The molecule has 0 saturated carbocycles. The van der Waals surface area contributed by atoms with Crippen LogP contribution in [0.3, 0.4) is 0 Å². The molecule has 1 amide bonds. The average Bonchev–Trinajstić information content (AvgIpc) is 2.83. The van der Waals surface area contributed by atoms with E-state index in [1.165, 1.54) is 0 Å². The van der Waals surface area contributed by atoms with Crippen LogP contribution in [0.4, 0.5) is 10.5 Å². The Morgan fingerprint density at radius 2 is 2.26 bits per heavy atom. The third-order valence-corrected chi connectivity index (χ3v) is 3.82. The standard InChI is InChI=1S/C16H28N4O3/c1-11(10-21)6-17-13-7-18-20-8-12(2)19(9-14(13)20)15(22)23-16(3,4)5/h7,11-12,17,21H,6,8-10H2,1-5H3/t11?,12-/m0/s1. The molecule has 7 nitrogen and oxygen atoms in total. The quantitative estimate of drug-likeness (QED) is 0.886. The number of rotatable bonds is 4. The number of carbonyl (C=O) groups excluding carboxylic acids is 1. The fourth-order valence-electron chi connectivity index (χ4n) is 2.46.